The van der Waals surface area contributed by atoms with E-state index in [-0.39, 0.29) is 12.8 Å². The predicted octanol–water partition coefficient (Wildman–Crippen LogP) is 2.75. The van der Waals surface area contributed by atoms with E-state index in [1.807, 2.05) is 24.3 Å². The molecule has 1 saturated carbocycles. The molecule has 0 spiro atoms. The van der Waals surface area contributed by atoms with Crippen LogP contribution in [0, 0.1) is 0 Å². The van der Waals surface area contributed by atoms with Gasteiger partial charge in [-0.25, -0.2) is 8.78 Å². The Bertz CT molecular complexity index is 537. The number of rotatable bonds is 1. The Morgan fingerprint density at radius 2 is 1.88 bits per heavy atom. The van der Waals surface area contributed by atoms with Crippen LogP contribution in [0.3, 0.4) is 0 Å². The monoisotopic (exact) mass is 222 g/mol. The van der Waals surface area contributed by atoms with E-state index in [2.05, 4.69) is 4.98 Å². The number of aromatic amines is 1. The van der Waals surface area contributed by atoms with Gasteiger partial charge in [-0.1, -0.05) is 18.2 Å². The van der Waals surface area contributed by atoms with Crippen LogP contribution in [0.25, 0.3) is 10.9 Å². The largest absolute Gasteiger partial charge is 0.361 e. The maximum Gasteiger partial charge on any atom is 0.252 e. The van der Waals surface area contributed by atoms with Gasteiger partial charge in [0.25, 0.3) is 5.92 Å². The summed E-state index contributed by atoms with van der Waals surface area (Å²) in [5, 5.41) is 0.945. The fourth-order valence-electron chi connectivity index (χ4n) is 2.55. The van der Waals surface area contributed by atoms with Crippen LogP contribution < -0.4 is 5.73 Å². The number of nitrogens with one attached hydrogen (secondary N) is 1. The minimum atomic E-state index is -2.60. The summed E-state index contributed by atoms with van der Waals surface area (Å²) >= 11 is 0. The van der Waals surface area contributed by atoms with Crippen molar-refractivity contribution in [3.05, 3.63) is 36.0 Å². The van der Waals surface area contributed by atoms with Gasteiger partial charge in [0.15, 0.2) is 0 Å². The molecule has 0 unspecified atom stereocenters. The zero-order valence-electron chi connectivity index (χ0n) is 8.63. The predicted molar refractivity (Wildman–Crippen MR) is 58.3 cm³/mol. The fourth-order valence-corrected chi connectivity index (χ4v) is 2.55. The molecule has 0 amide bonds. The molecule has 0 atom stereocenters. The number of hydrogen-bond acceptors (Lipinski definition) is 1. The molecule has 1 aromatic heterocycles. The molecule has 4 heteroatoms. The van der Waals surface area contributed by atoms with Crippen LogP contribution >= 0.6 is 0 Å². The zero-order valence-corrected chi connectivity index (χ0v) is 8.63. The highest BCUT2D eigenvalue weighted by atomic mass is 19.3. The lowest BCUT2D eigenvalue weighted by atomic mass is 9.70. The smallest absolute Gasteiger partial charge is 0.252 e. The van der Waals surface area contributed by atoms with Gasteiger partial charge < -0.3 is 10.7 Å². The number of nitrogens with two attached hydrogens (primary N) is 1. The summed E-state index contributed by atoms with van der Waals surface area (Å²) < 4.78 is 25.9. The van der Waals surface area contributed by atoms with Crippen LogP contribution in [-0.2, 0) is 5.54 Å². The van der Waals surface area contributed by atoms with Gasteiger partial charge in [-0.3, -0.25) is 0 Å². The van der Waals surface area contributed by atoms with Crippen LogP contribution in [0.15, 0.2) is 30.5 Å². The number of hydrogen-bond donors (Lipinski definition) is 2. The number of halogens is 2. The number of aromatic nitrogens is 1. The van der Waals surface area contributed by atoms with E-state index < -0.39 is 11.5 Å². The Morgan fingerprint density at radius 3 is 2.56 bits per heavy atom. The molecular weight excluding hydrogens is 210 g/mol. The first kappa shape index (κ1) is 9.78. The first-order valence-corrected chi connectivity index (χ1v) is 5.24. The molecule has 0 radical (unpaired) electrons. The summed E-state index contributed by atoms with van der Waals surface area (Å²) in [5.41, 5.74) is 6.88. The highest BCUT2D eigenvalue weighted by Crippen LogP contribution is 2.51. The molecule has 3 N–H and O–H groups in total. The van der Waals surface area contributed by atoms with Crippen LogP contribution in [0.4, 0.5) is 8.78 Å². The highest BCUT2D eigenvalue weighted by molar-refractivity contribution is 5.84. The molecule has 0 saturated heterocycles. The van der Waals surface area contributed by atoms with Crippen molar-refractivity contribution in [1.29, 1.82) is 0 Å². The van der Waals surface area contributed by atoms with Gasteiger partial charge in [0, 0.05) is 29.9 Å². The zero-order chi connectivity index (χ0) is 11.4. The summed E-state index contributed by atoms with van der Waals surface area (Å²) in [5.74, 6) is -2.60. The third kappa shape index (κ3) is 1.26. The number of benzene rings is 1. The van der Waals surface area contributed by atoms with Gasteiger partial charge in [0.1, 0.15) is 0 Å². The fraction of sp³-hybridized carbons (Fsp3) is 0.333. The second kappa shape index (κ2) is 2.83. The Morgan fingerprint density at radius 1 is 1.19 bits per heavy atom. The van der Waals surface area contributed by atoms with Gasteiger partial charge in [-0.05, 0) is 11.6 Å². The molecule has 2 nitrogen and oxygen atoms in total. The van der Waals surface area contributed by atoms with Gasteiger partial charge in [0.05, 0.1) is 5.54 Å². The average Bonchev–Trinajstić information content (AvgIpc) is 2.58. The van der Waals surface area contributed by atoms with Crippen molar-refractivity contribution in [3.8, 4) is 0 Å². The van der Waals surface area contributed by atoms with Crippen molar-refractivity contribution >= 4 is 10.9 Å². The van der Waals surface area contributed by atoms with Crippen molar-refractivity contribution in [2.24, 2.45) is 5.73 Å². The highest BCUT2D eigenvalue weighted by Gasteiger charge is 2.55. The minimum Gasteiger partial charge on any atom is -0.361 e. The molecule has 0 aliphatic heterocycles. The third-order valence-electron chi connectivity index (χ3n) is 3.27. The second-order valence-corrected chi connectivity index (χ2v) is 4.61. The molecule has 1 fully saturated rings. The first-order chi connectivity index (χ1) is 7.50. The average molecular weight is 222 g/mol. The van der Waals surface area contributed by atoms with E-state index >= 15 is 0 Å². The number of H-pyrrole nitrogens is 1. The van der Waals surface area contributed by atoms with Crippen LogP contribution in [0.5, 0.6) is 0 Å². The lowest BCUT2D eigenvalue weighted by Gasteiger charge is -2.44. The first-order valence-electron chi connectivity index (χ1n) is 5.24. The number of fused-ring (bicyclic) bond motifs is 1. The van der Waals surface area contributed by atoms with E-state index in [0.29, 0.717) is 0 Å². The second-order valence-electron chi connectivity index (χ2n) is 4.61. The molecule has 2 aromatic rings. The molecule has 1 heterocycles. The Labute approximate surface area is 91.4 Å². The maximum atomic E-state index is 12.9. The van der Waals surface area contributed by atoms with Crippen molar-refractivity contribution in [3.63, 3.8) is 0 Å². The Kier molecular flexibility index (Phi) is 1.73. The topological polar surface area (TPSA) is 41.8 Å². The number of para-hydroxylation sites is 1. The molecule has 0 bridgehead atoms. The van der Waals surface area contributed by atoms with E-state index in [1.165, 1.54) is 0 Å². The van der Waals surface area contributed by atoms with E-state index in [1.54, 1.807) is 6.20 Å². The lowest BCUT2D eigenvalue weighted by Crippen LogP contribution is -2.55. The summed E-state index contributed by atoms with van der Waals surface area (Å²) in [4.78, 5) is 3.06. The molecule has 3 rings (SSSR count). The SMILES string of the molecule is NC1(c2c[nH]c3ccccc23)CC(F)(F)C1. The van der Waals surface area contributed by atoms with E-state index in [9.17, 15) is 8.78 Å². The molecule has 16 heavy (non-hydrogen) atoms. The van der Waals surface area contributed by atoms with Crippen LogP contribution in [0.2, 0.25) is 0 Å². The minimum absolute atomic E-state index is 0.262. The van der Waals surface area contributed by atoms with Crippen molar-refractivity contribution in [2.75, 3.05) is 0 Å². The van der Waals surface area contributed by atoms with Crippen molar-refractivity contribution in [1.82, 2.24) is 4.98 Å². The molecular formula is C12H12F2N2. The normalized spacial score (nSPS) is 21.9. The molecule has 1 aliphatic carbocycles. The molecule has 1 aliphatic rings. The number of alkyl halides is 2. The van der Waals surface area contributed by atoms with E-state index in [0.717, 1.165) is 16.5 Å². The van der Waals surface area contributed by atoms with Gasteiger partial charge in [0.2, 0.25) is 0 Å². The van der Waals surface area contributed by atoms with Crippen LogP contribution in [-0.4, -0.2) is 10.9 Å². The van der Waals surface area contributed by atoms with E-state index in [4.69, 9.17) is 5.73 Å². The Hall–Kier alpha value is -1.42. The van der Waals surface area contributed by atoms with Gasteiger partial charge in [-0.15, -0.1) is 0 Å². The summed E-state index contributed by atoms with van der Waals surface area (Å²) in [6.45, 7) is 0. The summed E-state index contributed by atoms with van der Waals surface area (Å²) in [7, 11) is 0. The quantitative estimate of drug-likeness (QED) is 0.765. The summed E-state index contributed by atoms with van der Waals surface area (Å²) in [6.07, 6.45) is 1.23. The Balaban J connectivity index is 2.08. The molecule has 84 valence electrons. The van der Waals surface area contributed by atoms with Gasteiger partial charge in [-0.2, -0.15) is 0 Å². The third-order valence-corrected chi connectivity index (χ3v) is 3.27. The van der Waals surface area contributed by atoms with Crippen LogP contribution in [0.1, 0.15) is 18.4 Å². The van der Waals surface area contributed by atoms with Crippen molar-refractivity contribution in [2.45, 2.75) is 24.3 Å². The lowest BCUT2D eigenvalue weighted by molar-refractivity contribution is -0.124. The standard InChI is InChI=1S/C12H12F2N2/c13-12(14)6-11(15,7-12)9-5-16-10-4-2-1-3-8(9)10/h1-5,16H,6-7,15H2. The maximum absolute atomic E-state index is 12.9. The summed E-state index contributed by atoms with van der Waals surface area (Å²) in [6, 6.07) is 7.62. The van der Waals surface area contributed by atoms with Crippen molar-refractivity contribution < 1.29 is 8.78 Å². The molecule has 1 aromatic carbocycles. The van der Waals surface area contributed by atoms with Gasteiger partial charge >= 0.3 is 0 Å².